The first-order valence-electron chi connectivity index (χ1n) is 12.1. The van der Waals surface area contributed by atoms with Crippen molar-refractivity contribution in [3.63, 3.8) is 0 Å². The lowest BCUT2D eigenvalue weighted by Gasteiger charge is -2.30. The molecule has 0 saturated heterocycles. The van der Waals surface area contributed by atoms with E-state index in [1.165, 1.54) is 0 Å². The minimum absolute atomic E-state index is 0.0717. The molecule has 3 N–H and O–H groups in total. The zero-order chi connectivity index (χ0) is 24.9. The number of likely N-dealkylation sites (N-methyl/N-ethyl adjacent to an activating group) is 1. The Balaban J connectivity index is 1.58. The summed E-state index contributed by atoms with van der Waals surface area (Å²) >= 11 is 0. The second-order valence-corrected chi connectivity index (χ2v) is 9.18. The molecule has 0 unspecified atom stereocenters. The van der Waals surface area contributed by atoms with E-state index in [4.69, 9.17) is 5.73 Å². The van der Waals surface area contributed by atoms with Gasteiger partial charge in [0.05, 0.1) is 12.6 Å². The van der Waals surface area contributed by atoms with Gasteiger partial charge in [0.2, 0.25) is 11.8 Å². The van der Waals surface area contributed by atoms with Gasteiger partial charge in [-0.1, -0.05) is 43.3 Å². The number of carbonyl (C=O) groups excluding carboxylic acids is 2. The van der Waals surface area contributed by atoms with E-state index in [0.29, 0.717) is 25.2 Å². The standard InChI is InChI=1S/C27H32F2N4O2/c1-2-32(13-12-30)17-25(34)31-26(19-8-9-19)27(35)33-16-20(22-15-21(28)10-11-23(22)29)14-24(33)18-6-4-3-5-7-18/h3-7,10-11,14-15,19,24,26H,2,8-9,12-13,16-17,30H2,1H3,(H,31,34)/t24-,26-/m0/s1. The summed E-state index contributed by atoms with van der Waals surface area (Å²) in [5.41, 5.74) is 7.19. The molecule has 4 rings (SSSR count). The fraction of sp³-hybridized carbons (Fsp3) is 0.407. The van der Waals surface area contributed by atoms with Crippen molar-refractivity contribution in [3.8, 4) is 0 Å². The van der Waals surface area contributed by atoms with Crippen LogP contribution < -0.4 is 11.1 Å². The maximum Gasteiger partial charge on any atom is 0.246 e. The molecule has 2 atom stereocenters. The van der Waals surface area contributed by atoms with Gasteiger partial charge in [0.25, 0.3) is 0 Å². The van der Waals surface area contributed by atoms with Gasteiger partial charge in [0, 0.05) is 25.2 Å². The minimum Gasteiger partial charge on any atom is -0.343 e. The SMILES string of the molecule is CCN(CCN)CC(=O)N[C@H](C(=O)N1CC(c2cc(F)ccc2F)=C[C@H]1c1ccccc1)C1CC1. The van der Waals surface area contributed by atoms with Crippen LogP contribution in [0.1, 0.15) is 36.9 Å². The molecule has 1 fully saturated rings. The van der Waals surface area contributed by atoms with E-state index >= 15 is 0 Å². The molecular formula is C27H32F2N4O2. The topological polar surface area (TPSA) is 78.7 Å². The number of halogens is 2. The lowest BCUT2D eigenvalue weighted by Crippen LogP contribution is -2.52. The molecule has 0 spiro atoms. The zero-order valence-corrected chi connectivity index (χ0v) is 19.9. The third kappa shape index (κ3) is 5.94. The van der Waals surface area contributed by atoms with E-state index in [0.717, 1.165) is 36.6 Å². The van der Waals surface area contributed by atoms with Crippen LogP contribution in [-0.4, -0.2) is 60.4 Å². The molecule has 35 heavy (non-hydrogen) atoms. The predicted octanol–water partition coefficient (Wildman–Crippen LogP) is 3.11. The molecule has 186 valence electrons. The van der Waals surface area contributed by atoms with Crippen molar-refractivity contribution in [2.45, 2.75) is 31.8 Å². The van der Waals surface area contributed by atoms with E-state index in [-0.39, 0.29) is 36.4 Å². The largest absolute Gasteiger partial charge is 0.343 e. The Bertz CT molecular complexity index is 1090. The fourth-order valence-corrected chi connectivity index (χ4v) is 4.62. The van der Waals surface area contributed by atoms with Crippen molar-refractivity contribution in [1.82, 2.24) is 15.1 Å². The first-order chi connectivity index (χ1) is 16.9. The number of carbonyl (C=O) groups is 2. The molecule has 2 amide bonds. The van der Waals surface area contributed by atoms with Gasteiger partial charge < -0.3 is 16.0 Å². The summed E-state index contributed by atoms with van der Waals surface area (Å²) in [6, 6.07) is 11.7. The monoisotopic (exact) mass is 482 g/mol. The van der Waals surface area contributed by atoms with Crippen LogP contribution in [0.2, 0.25) is 0 Å². The van der Waals surface area contributed by atoms with Crippen molar-refractivity contribution in [1.29, 1.82) is 0 Å². The summed E-state index contributed by atoms with van der Waals surface area (Å²) in [6.45, 7) is 3.99. The van der Waals surface area contributed by atoms with Crippen LogP contribution in [0.4, 0.5) is 8.78 Å². The van der Waals surface area contributed by atoms with Gasteiger partial charge in [-0.15, -0.1) is 0 Å². The second kappa shape index (κ2) is 11.1. The highest BCUT2D eigenvalue weighted by molar-refractivity contribution is 5.91. The normalized spacial score (nSPS) is 18.5. The summed E-state index contributed by atoms with van der Waals surface area (Å²) < 4.78 is 28.5. The predicted molar refractivity (Wildman–Crippen MR) is 131 cm³/mol. The van der Waals surface area contributed by atoms with Gasteiger partial charge in [0.15, 0.2) is 0 Å². The van der Waals surface area contributed by atoms with E-state index in [1.54, 1.807) is 4.90 Å². The van der Waals surface area contributed by atoms with Gasteiger partial charge in [-0.05, 0) is 54.6 Å². The molecule has 6 nitrogen and oxygen atoms in total. The van der Waals surface area contributed by atoms with Crippen molar-refractivity contribution < 1.29 is 18.4 Å². The van der Waals surface area contributed by atoms with Gasteiger partial charge >= 0.3 is 0 Å². The Morgan fingerprint density at radius 1 is 1.17 bits per heavy atom. The van der Waals surface area contributed by atoms with Crippen LogP contribution in [-0.2, 0) is 9.59 Å². The van der Waals surface area contributed by atoms with Crippen molar-refractivity contribution in [2.24, 2.45) is 11.7 Å². The Morgan fingerprint density at radius 3 is 2.57 bits per heavy atom. The summed E-state index contributed by atoms with van der Waals surface area (Å²) in [5, 5.41) is 2.96. The van der Waals surface area contributed by atoms with Crippen molar-refractivity contribution in [3.05, 3.63) is 77.4 Å². The van der Waals surface area contributed by atoms with E-state index < -0.39 is 23.7 Å². The van der Waals surface area contributed by atoms with E-state index in [2.05, 4.69) is 5.32 Å². The second-order valence-electron chi connectivity index (χ2n) is 9.18. The first kappa shape index (κ1) is 25.0. The minimum atomic E-state index is -0.657. The summed E-state index contributed by atoms with van der Waals surface area (Å²) in [4.78, 5) is 30.2. The number of hydrogen-bond acceptors (Lipinski definition) is 4. The van der Waals surface area contributed by atoms with Crippen LogP contribution in [0.3, 0.4) is 0 Å². The van der Waals surface area contributed by atoms with Gasteiger partial charge in [-0.2, -0.15) is 0 Å². The zero-order valence-electron chi connectivity index (χ0n) is 19.9. The highest BCUT2D eigenvalue weighted by atomic mass is 19.1. The van der Waals surface area contributed by atoms with Gasteiger partial charge in [0.1, 0.15) is 17.7 Å². The number of rotatable bonds is 10. The molecule has 2 aromatic carbocycles. The number of hydrogen-bond donors (Lipinski definition) is 2. The number of amides is 2. The molecule has 1 heterocycles. The Hall–Kier alpha value is -3.10. The van der Waals surface area contributed by atoms with Crippen LogP contribution in [0.25, 0.3) is 5.57 Å². The van der Waals surface area contributed by atoms with Crippen LogP contribution in [0.5, 0.6) is 0 Å². The molecule has 0 radical (unpaired) electrons. The lowest BCUT2D eigenvalue weighted by molar-refractivity contribution is -0.137. The lowest BCUT2D eigenvalue weighted by atomic mass is 10.0. The van der Waals surface area contributed by atoms with Crippen LogP contribution in [0, 0.1) is 17.6 Å². The highest BCUT2D eigenvalue weighted by Crippen LogP contribution is 2.39. The van der Waals surface area contributed by atoms with Crippen molar-refractivity contribution >= 4 is 17.4 Å². The van der Waals surface area contributed by atoms with E-state index in [9.17, 15) is 18.4 Å². The Kier molecular flexibility index (Phi) is 7.93. The third-order valence-electron chi connectivity index (χ3n) is 6.67. The summed E-state index contributed by atoms with van der Waals surface area (Å²) in [7, 11) is 0. The smallest absolute Gasteiger partial charge is 0.246 e. The number of benzene rings is 2. The fourth-order valence-electron chi connectivity index (χ4n) is 4.62. The van der Waals surface area contributed by atoms with Gasteiger partial charge in [-0.25, -0.2) is 8.78 Å². The maximum absolute atomic E-state index is 14.6. The molecule has 0 bridgehead atoms. The molecule has 0 aromatic heterocycles. The van der Waals surface area contributed by atoms with Gasteiger partial charge in [-0.3, -0.25) is 14.5 Å². The molecule has 1 aliphatic carbocycles. The molecule has 2 aliphatic rings. The third-order valence-corrected chi connectivity index (χ3v) is 6.67. The molecule has 2 aromatic rings. The summed E-state index contributed by atoms with van der Waals surface area (Å²) in [5.74, 6) is -1.43. The number of nitrogens with zero attached hydrogens (tertiary/aromatic N) is 2. The molecule has 8 heteroatoms. The Labute approximate surface area is 204 Å². The molecule has 1 aliphatic heterocycles. The number of nitrogens with one attached hydrogen (secondary N) is 1. The quantitative estimate of drug-likeness (QED) is 0.546. The average molecular weight is 483 g/mol. The maximum atomic E-state index is 14.6. The van der Waals surface area contributed by atoms with Crippen LogP contribution >= 0.6 is 0 Å². The molecular weight excluding hydrogens is 450 g/mol. The molecule has 1 saturated carbocycles. The summed E-state index contributed by atoms with van der Waals surface area (Å²) in [6.07, 6.45) is 3.54. The van der Waals surface area contributed by atoms with E-state index in [1.807, 2.05) is 48.2 Å². The first-order valence-corrected chi connectivity index (χ1v) is 12.1. The van der Waals surface area contributed by atoms with Crippen LogP contribution in [0.15, 0.2) is 54.6 Å². The number of nitrogens with two attached hydrogens (primary N) is 1. The van der Waals surface area contributed by atoms with Crippen molar-refractivity contribution in [2.75, 3.05) is 32.7 Å². The average Bonchev–Trinajstić information content (AvgIpc) is 3.61. The highest BCUT2D eigenvalue weighted by Gasteiger charge is 2.42. The Morgan fingerprint density at radius 2 is 1.91 bits per heavy atom.